The van der Waals surface area contributed by atoms with Crippen LogP contribution >= 0.6 is 0 Å². The fourth-order valence-electron chi connectivity index (χ4n) is 1.34. The predicted molar refractivity (Wildman–Crippen MR) is 58.4 cm³/mol. The summed E-state index contributed by atoms with van der Waals surface area (Å²) >= 11 is 0. The van der Waals surface area contributed by atoms with Gasteiger partial charge in [0.2, 0.25) is 0 Å². The van der Waals surface area contributed by atoms with E-state index in [1.807, 2.05) is 0 Å². The van der Waals surface area contributed by atoms with Gasteiger partial charge < -0.3 is 20.3 Å². The third-order valence-corrected chi connectivity index (χ3v) is 2.20. The monoisotopic (exact) mass is 225 g/mol. The highest BCUT2D eigenvalue weighted by Gasteiger charge is 2.15. The predicted octanol–water partition coefficient (Wildman–Crippen LogP) is 0.444. The number of carbonyl (C=O) groups excluding carboxylic acids is 1. The van der Waals surface area contributed by atoms with Gasteiger partial charge >= 0.3 is 5.97 Å². The van der Waals surface area contributed by atoms with Crippen LogP contribution in [0.15, 0.2) is 18.2 Å². The molecule has 0 unspecified atom stereocenters. The molecule has 0 radical (unpaired) electrons. The van der Waals surface area contributed by atoms with Gasteiger partial charge in [-0.2, -0.15) is 0 Å². The van der Waals surface area contributed by atoms with Gasteiger partial charge in [0.1, 0.15) is 6.04 Å². The summed E-state index contributed by atoms with van der Waals surface area (Å²) in [7, 11) is 2.75. The zero-order valence-corrected chi connectivity index (χ0v) is 9.27. The lowest BCUT2D eigenvalue weighted by atomic mass is 10.1. The van der Waals surface area contributed by atoms with Gasteiger partial charge in [-0.25, -0.2) is 0 Å². The summed E-state index contributed by atoms with van der Waals surface area (Å²) in [6, 6.07) is 4.11. The van der Waals surface area contributed by atoms with E-state index in [4.69, 9.17) is 10.5 Å². The van der Waals surface area contributed by atoms with E-state index in [-0.39, 0.29) is 5.75 Å². The Kier molecular flexibility index (Phi) is 4.13. The van der Waals surface area contributed by atoms with Crippen LogP contribution in [0, 0.1) is 0 Å². The number of phenols is 1. The zero-order valence-electron chi connectivity index (χ0n) is 9.27. The third-order valence-electron chi connectivity index (χ3n) is 2.20. The summed E-state index contributed by atoms with van der Waals surface area (Å²) in [6.45, 7) is 0. The molecule has 1 aromatic rings. The first-order valence-electron chi connectivity index (χ1n) is 4.77. The minimum atomic E-state index is -0.709. The Labute approximate surface area is 93.8 Å². The quantitative estimate of drug-likeness (QED) is 0.727. The molecule has 5 heteroatoms. The number of hydrogen-bond donors (Lipinski definition) is 2. The topological polar surface area (TPSA) is 81.8 Å². The van der Waals surface area contributed by atoms with Crippen LogP contribution in [0.4, 0.5) is 0 Å². The summed E-state index contributed by atoms with van der Waals surface area (Å²) in [5, 5.41) is 9.38. The van der Waals surface area contributed by atoms with Crippen molar-refractivity contribution in [2.45, 2.75) is 12.5 Å². The van der Waals surface area contributed by atoms with E-state index in [0.717, 1.165) is 5.56 Å². The van der Waals surface area contributed by atoms with E-state index in [2.05, 4.69) is 4.74 Å². The van der Waals surface area contributed by atoms with Gasteiger partial charge in [-0.1, -0.05) is 6.07 Å². The van der Waals surface area contributed by atoms with E-state index < -0.39 is 12.0 Å². The number of methoxy groups -OCH3 is 2. The molecule has 0 heterocycles. The standard InChI is InChI=1S/C11H15NO4/c1-15-10-6-7(3-4-9(10)13)5-8(12)11(14)16-2/h3-4,6,8,13H,5,12H2,1-2H3/t8-/m0/s1. The first-order valence-corrected chi connectivity index (χ1v) is 4.77. The third kappa shape index (κ3) is 2.87. The molecular formula is C11H15NO4. The van der Waals surface area contributed by atoms with E-state index in [1.165, 1.54) is 20.3 Å². The fraction of sp³-hybridized carbons (Fsp3) is 0.364. The normalized spacial score (nSPS) is 11.9. The lowest BCUT2D eigenvalue weighted by Gasteiger charge is -2.10. The van der Waals surface area contributed by atoms with Crippen molar-refractivity contribution in [2.24, 2.45) is 5.73 Å². The van der Waals surface area contributed by atoms with Gasteiger partial charge in [0.05, 0.1) is 14.2 Å². The van der Waals surface area contributed by atoms with E-state index in [1.54, 1.807) is 12.1 Å². The molecule has 1 atom stereocenters. The summed E-state index contributed by atoms with van der Waals surface area (Å²) in [4.78, 5) is 11.1. The number of aromatic hydroxyl groups is 1. The molecule has 0 fully saturated rings. The molecule has 0 saturated heterocycles. The Balaban J connectivity index is 2.78. The SMILES string of the molecule is COC(=O)[C@@H](N)Cc1ccc(O)c(OC)c1. The molecule has 0 aromatic heterocycles. The van der Waals surface area contributed by atoms with Crippen molar-refractivity contribution in [3.05, 3.63) is 23.8 Å². The van der Waals surface area contributed by atoms with Crippen LogP contribution < -0.4 is 10.5 Å². The Bertz CT molecular complexity index is 378. The number of ether oxygens (including phenoxy) is 2. The van der Waals surface area contributed by atoms with Crippen molar-refractivity contribution < 1.29 is 19.4 Å². The van der Waals surface area contributed by atoms with Crippen LogP contribution in [-0.2, 0) is 16.0 Å². The minimum Gasteiger partial charge on any atom is -0.504 e. The van der Waals surface area contributed by atoms with Crippen LogP contribution in [0.1, 0.15) is 5.56 Å². The van der Waals surface area contributed by atoms with E-state index >= 15 is 0 Å². The zero-order chi connectivity index (χ0) is 12.1. The van der Waals surface area contributed by atoms with Crippen molar-refractivity contribution >= 4 is 5.97 Å². The minimum absolute atomic E-state index is 0.0536. The summed E-state index contributed by atoms with van der Waals surface area (Å²) in [6.07, 6.45) is 0.337. The average molecular weight is 225 g/mol. The average Bonchev–Trinajstić information content (AvgIpc) is 2.30. The highest BCUT2D eigenvalue weighted by atomic mass is 16.5. The molecule has 0 aliphatic carbocycles. The van der Waals surface area contributed by atoms with Gasteiger partial charge in [0.15, 0.2) is 11.5 Å². The van der Waals surface area contributed by atoms with Crippen LogP contribution in [0.2, 0.25) is 0 Å². The molecule has 0 saturated carbocycles. The number of hydrogen-bond acceptors (Lipinski definition) is 5. The second kappa shape index (κ2) is 5.37. The van der Waals surface area contributed by atoms with Crippen molar-refractivity contribution in [3.8, 4) is 11.5 Å². The van der Waals surface area contributed by atoms with Crippen molar-refractivity contribution in [2.75, 3.05) is 14.2 Å². The van der Waals surface area contributed by atoms with E-state index in [0.29, 0.717) is 12.2 Å². The summed E-state index contributed by atoms with van der Waals surface area (Å²) < 4.78 is 9.47. The summed E-state index contributed by atoms with van der Waals surface area (Å²) in [5.41, 5.74) is 6.41. The lowest BCUT2D eigenvalue weighted by molar-refractivity contribution is -0.142. The molecule has 88 valence electrons. The Morgan fingerprint density at radius 2 is 2.19 bits per heavy atom. The Morgan fingerprint density at radius 3 is 2.75 bits per heavy atom. The van der Waals surface area contributed by atoms with Gasteiger partial charge in [0.25, 0.3) is 0 Å². The smallest absolute Gasteiger partial charge is 0.322 e. The lowest BCUT2D eigenvalue weighted by Crippen LogP contribution is -2.33. The Morgan fingerprint density at radius 1 is 1.50 bits per heavy atom. The maximum absolute atomic E-state index is 11.1. The van der Waals surface area contributed by atoms with Gasteiger partial charge in [-0.05, 0) is 24.1 Å². The molecule has 1 aromatic carbocycles. The highest BCUT2D eigenvalue weighted by molar-refractivity contribution is 5.75. The number of rotatable bonds is 4. The molecule has 0 bridgehead atoms. The molecule has 1 rings (SSSR count). The second-order valence-corrected chi connectivity index (χ2v) is 3.34. The molecule has 16 heavy (non-hydrogen) atoms. The first-order chi connectivity index (χ1) is 7.58. The second-order valence-electron chi connectivity index (χ2n) is 3.34. The van der Waals surface area contributed by atoms with Crippen LogP contribution in [-0.4, -0.2) is 31.3 Å². The molecule has 3 N–H and O–H groups in total. The number of benzene rings is 1. The number of esters is 1. The molecule has 0 spiro atoms. The number of phenolic OH excluding ortho intramolecular Hbond substituents is 1. The number of carbonyl (C=O) groups is 1. The first kappa shape index (κ1) is 12.3. The van der Waals surface area contributed by atoms with Crippen molar-refractivity contribution in [1.82, 2.24) is 0 Å². The molecule has 5 nitrogen and oxygen atoms in total. The fourth-order valence-corrected chi connectivity index (χ4v) is 1.34. The Hall–Kier alpha value is -1.75. The van der Waals surface area contributed by atoms with Gasteiger partial charge in [-0.15, -0.1) is 0 Å². The summed E-state index contributed by atoms with van der Waals surface area (Å²) in [5.74, 6) is -0.0560. The highest BCUT2D eigenvalue weighted by Crippen LogP contribution is 2.26. The molecule has 0 aliphatic rings. The maximum atomic E-state index is 11.1. The molecule has 0 aliphatic heterocycles. The van der Waals surface area contributed by atoms with Crippen LogP contribution in [0.3, 0.4) is 0 Å². The molecular weight excluding hydrogens is 210 g/mol. The van der Waals surface area contributed by atoms with Gasteiger partial charge in [0, 0.05) is 0 Å². The van der Waals surface area contributed by atoms with E-state index in [9.17, 15) is 9.90 Å². The van der Waals surface area contributed by atoms with Gasteiger partial charge in [-0.3, -0.25) is 4.79 Å². The largest absolute Gasteiger partial charge is 0.504 e. The van der Waals surface area contributed by atoms with Crippen molar-refractivity contribution in [3.63, 3.8) is 0 Å². The van der Waals surface area contributed by atoms with Crippen molar-refractivity contribution in [1.29, 1.82) is 0 Å². The number of nitrogens with two attached hydrogens (primary N) is 1. The van der Waals surface area contributed by atoms with Crippen LogP contribution in [0.25, 0.3) is 0 Å². The molecule has 0 amide bonds. The maximum Gasteiger partial charge on any atom is 0.322 e. The van der Waals surface area contributed by atoms with Crippen LogP contribution in [0.5, 0.6) is 11.5 Å².